The third kappa shape index (κ3) is 3.23. The number of H-pyrrole nitrogens is 1. The summed E-state index contributed by atoms with van der Waals surface area (Å²) in [5, 5.41) is 11.4. The Bertz CT molecular complexity index is 1010. The number of aromatic amines is 1. The Hall–Kier alpha value is -2.87. The molecule has 3 aromatic rings. The Morgan fingerprint density at radius 2 is 1.88 bits per heavy atom. The lowest BCUT2D eigenvalue weighted by molar-refractivity contribution is -0.255. The van der Waals surface area contributed by atoms with Gasteiger partial charge in [-0.1, -0.05) is 30.3 Å². The largest absolute Gasteiger partial charge is 0.543 e. The summed E-state index contributed by atoms with van der Waals surface area (Å²) in [5.41, 5.74) is 0.131. The van der Waals surface area contributed by atoms with Gasteiger partial charge < -0.3 is 14.9 Å². The molecule has 0 aliphatic carbocycles. The number of carbonyl (C=O) groups excluding carboxylic acids is 1. The van der Waals surface area contributed by atoms with Gasteiger partial charge in [0.05, 0.1) is 23.1 Å². The molecule has 0 spiro atoms. The first kappa shape index (κ1) is 16.0. The van der Waals surface area contributed by atoms with E-state index in [4.69, 9.17) is 0 Å². The topological polar surface area (TPSA) is 102 Å². The average molecular weight is 347 g/mol. The van der Waals surface area contributed by atoms with E-state index >= 15 is 0 Å². The van der Waals surface area contributed by atoms with Crippen LogP contribution in [0.5, 0.6) is 0 Å². The number of benzene rings is 2. The fraction of sp³-hybridized carbons (Fsp3) is 0.0625. The number of aromatic carboxylic acids is 1. The molecule has 124 valence electrons. The first-order valence-electron chi connectivity index (χ1n) is 6.93. The summed E-state index contributed by atoms with van der Waals surface area (Å²) in [5.74, 6) is -2.55. The molecule has 8 heteroatoms. The SMILES string of the molecule is O=C([O-])c1[nH]c2ccc(F)cc2c1NS(=O)(=O)Cc1ccccc1. The van der Waals surface area contributed by atoms with Crippen molar-refractivity contribution in [3.8, 4) is 0 Å². The molecule has 1 aromatic heterocycles. The number of carbonyl (C=O) groups is 1. The van der Waals surface area contributed by atoms with E-state index in [0.717, 1.165) is 12.1 Å². The summed E-state index contributed by atoms with van der Waals surface area (Å²) in [7, 11) is -3.90. The van der Waals surface area contributed by atoms with Gasteiger partial charge in [0.25, 0.3) is 0 Å². The second-order valence-corrected chi connectivity index (χ2v) is 6.92. The monoisotopic (exact) mass is 347 g/mol. The predicted octanol–water partition coefficient (Wildman–Crippen LogP) is 1.61. The molecule has 0 fully saturated rings. The van der Waals surface area contributed by atoms with Crippen LogP contribution in [0.3, 0.4) is 0 Å². The van der Waals surface area contributed by atoms with Crippen molar-refractivity contribution in [2.45, 2.75) is 5.75 Å². The molecule has 0 aliphatic heterocycles. The molecule has 0 amide bonds. The van der Waals surface area contributed by atoms with Crippen LogP contribution in [0, 0.1) is 5.82 Å². The maximum absolute atomic E-state index is 13.5. The van der Waals surface area contributed by atoms with Crippen LogP contribution in [0.4, 0.5) is 10.1 Å². The maximum Gasteiger partial charge on any atom is 0.237 e. The summed E-state index contributed by atoms with van der Waals surface area (Å²) < 4.78 is 40.4. The Kier molecular flexibility index (Phi) is 3.98. The number of nitrogens with one attached hydrogen (secondary N) is 2. The van der Waals surface area contributed by atoms with Gasteiger partial charge in [0, 0.05) is 10.9 Å². The van der Waals surface area contributed by atoms with Crippen molar-refractivity contribution >= 4 is 32.6 Å². The van der Waals surface area contributed by atoms with Crippen LogP contribution >= 0.6 is 0 Å². The fourth-order valence-corrected chi connectivity index (χ4v) is 3.63. The summed E-state index contributed by atoms with van der Waals surface area (Å²) in [6.45, 7) is 0. The summed E-state index contributed by atoms with van der Waals surface area (Å²) in [6.07, 6.45) is 0. The van der Waals surface area contributed by atoms with Crippen LogP contribution in [0.25, 0.3) is 10.9 Å². The maximum atomic E-state index is 13.5. The molecule has 0 bridgehead atoms. The average Bonchev–Trinajstić information content (AvgIpc) is 2.85. The quantitative estimate of drug-likeness (QED) is 0.732. The van der Waals surface area contributed by atoms with Crippen molar-refractivity contribution < 1.29 is 22.7 Å². The number of carboxylic acid groups (broad SMARTS) is 1. The van der Waals surface area contributed by atoms with E-state index in [-0.39, 0.29) is 22.3 Å². The highest BCUT2D eigenvalue weighted by Crippen LogP contribution is 2.29. The van der Waals surface area contributed by atoms with E-state index in [1.807, 2.05) is 0 Å². The Morgan fingerprint density at radius 1 is 1.17 bits per heavy atom. The highest BCUT2D eigenvalue weighted by atomic mass is 32.2. The fourth-order valence-electron chi connectivity index (χ4n) is 2.41. The van der Waals surface area contributed by atoms with Gasteiger partial charge in [0.15, 0.2) is 0 Å². The van der Waals surface area contributed by atoms with Gasteiger partial charge in [-0.05, 0) is 23.8 Å². The number of hydrogen-bond acceptors (Lipinski definition) is 4. The molecule has 3 rings (SSSR count). The van der Waals surface area contributed by atoms with Crippen LogP contribution in [0.2, 0.25) is 0 Å². The molecule has 2 N–H and O–H groups in total. The zero-order valence-electron chi connectivity index (χ0n) is 12.2. The van der Waals surface area contributed by atoms with E-state index in [0.29, 0.717) is 5.56 Å². The van der Waals surface area contributed by atoms with Gasteiger partial charge in [-0.2, -0.15) is 0 Å². The zero-order chi connectivity index (χ0) is 17.3. The molecule has 0 aliphatic rings. The molecular weight excluding hydrogens is 335 g/mol. The molecule has 6 nitrogen and oxygen atoms in total. The number of hydrogen-bond donors (Lipinski definition) is 2. The molecule has 0 atom stereocenters. The number of fused-ring (bicyclic) bond motifs is 1. The van der Waals surface area contributed by atoms with Gasteiger partial charge >= 0.3 is 0 Å². The molecule has 2 aromatic carbocycles. The number of halogens is 1. The molecule has 0 radical (unpaired) electrons. The Balaban J connectivity index is 2.03. The zero-order valence-corrected chi connectivity index (χ0v) is 13.1. The van der Waals surface area contributed by atoms with Crippen LogP contribution < -0.4 is 9.83 Å². The molecule has 1 heterocycles. The number of anilines is 1. The minimum atomic E-state index is -3.90. The lowest BCUT2D eigenvalue weighted by atomic mass is 10.2. The van der Waals surface area contributed by atoms with Gasteiger partial charge in [-0.15, -0.1) is 0 Å². The lowest BCUT2D eigenvalue weighted by Crippen LogP contribution is -2.25. The van der Waals surface area contributed by atoms with E-state index < -0.39 is 27.5 Å². The van der Waals surface area contributed by atoms with Crippen LogP contribution in [-0.4, -0.2) is 19.4 Å². The third-order valence-electron chi connectivity index (χ3n) is 3.42. The van der Waals surface area contributed by atoms with E-state index in [9.17, 15) is 22.7 Å². The second kappa shape index (κ2) is 5.97. The van der Waals surface area contributed by atoms with E-state index in [2.05, 4.69) is 9.71 Å². The summed E-state index contributed by atoms with van der Waals surface area (Å²) in [4.78, 5) is 13.8. The number of carboxylic acids is 1. The standard InChI is InChI=1S/C16H13FN2O4S/c17-11-6-7-13-12(8-11)14(15(18-13)16(20)21)19-24(22,23)9-10-4-2-1-3-5-10/h1-8,18-19H,9H2,(H,20,21)/p-1. The predicted molar refractivity (Wildman–Crippen MR) is 85.3 cm³/mol. The Morgan fingerprint density at radius 3 is 2.54 bits per heavy atom. The van der Waals surface area contributed by atoms with Crippen molar-refractivity contribution in [3.63, 3.8) is 0 Å². The van der Waals surface area contributed by atoms with Crippen molar-refractivity contribution in [1.82, 2.24) is 4.98 Å². The third-order valence-corrected chi connectivity index (χ3v) is 4.65. The molecule has 0 saturated carbocycles. The second-order valence-electron chi connectivity index (χ2n) is 5.20. The van der Waals surface area contributed by atoms with Gasteiger partial charge in [-0.25, -0.2) is 12.8 Å². The smallest absolute Gasteiger partial charge is 0.237 e. The van der Waals surface area contributed by atoms with Gasteiger partial charge in [0.1, 0.15) is 5.82 Å². The summed E-state index contributed by atoms with van der Waals surface area (Å²) in [6, 6.07) is 11.9. The van der Waals surface area contributed by atoms with Crippen molar-refractivity contribution in [1.29, 1.82) is 0 Å². The normalized spacial score (nSPS) is 11.5. The molecule has 0 saturated heterocycles. The number of sulfonamides is 1. The van der Waals surface area contributed by atoms with Crippen LogP contribution in [-0.2, 0) is 15.8 Å². The van der Waals surface area contributed by atoms with Gasteiger partial charge in [-0.3, -0.25) is 4.72 Å². The highest BCUT2D eigenvalue weighted by Gasteiger charge is 2.19. The minimum Gasteiger partial charge on any atom is -0.543 e. The highest BCUT2D eigenvalue weighted by molar-refractivity contribution is 7.92. The first-order valence-corrected chi connectivity index (χ1v) is 8.58. The Labute approximate surface area is 137 Å². The van der Waals surface area contributed by atoms with Crippen molar-refractivity contribution in [2.75, 3.05) is 4.72 Å². The first-order chi connectivity index (χ1) is 11.4. The van der Waals surface area contributed by atoms with Crippen molar-refractivity contribution in [3.05, 3.63) is 65.6 Å². The number of aromatic nitrogens is 1. The summed E-state index contributed by atoms with van der Waals surface area (Å²) >= 11 is 0. The molecule has 24 heavy (non-hydrogen) atoms. The van der Waals surface area contributed by atoms with Crippen LogP contribution in [0.1, 0.15) is 16.1 Å². The van der Waals surface area contributed by atoms with E-state index in [1.165, 1.54) is 6.07 Å². The van der Waals surface area contributed by atoms with E-state index in [1.54, 1.807) is 30.3 Å². The molecular formula is C16H12FN2O4S-. The lowest BCUT2D eigenvalue weighted by Gasteiger charge is -2.10. The van der Waals surface area contributed by atoms with Crippen LogP contribution in [0.15, 0.2) is 48.5 Å². The van der Waals surface area contributed by atoms with Gasteiger partial charge in [0.2, 0.25) is 10.0 Å². The molecule has 0 unspecified atom stereocenters. The van der Waals surface area contributed by atoms with Crippen molar-refractivity contribution in [2.24, 2.45) is 0 Å². The minimum absolute atomic E-state index is 0.117. The number of rotatable bonds is 5.